The molecule has 0 radical (unpaired) electrons. The number of benzene rings is 2. The summed E-state index contributed by atoms with van der Waals surface area (Å²) in [5, 5.41) is 27.3. The van der Waals surface area contributed by atoms with Crippen LogP contribution in [0, 0.1) is 19.5 Å². The van der Waals surface area contributed by atoms with Crippen LogP contribution >= 0.6 is 22.6 Å². The zero-order chi connectivity index (χ0) is 19.0. The molecule has 0 spiro atoms. The number of ether oxygens (including phenoxy) is 1. The third-order valence-corrected chi connectivity index (χ3v) is 4.26. The molecule has 0 fully saturated rings. The Morgan fingerprint density at radius 2 is 2.19 bits per heavy atom. The molecule has 0 amide bonds. The number of aromatic nitrogens is 2. The predicted octanol–water partition coefficient (Wildman–Crippen LogP) is 3.97. The van der Waals surface area contributed by atoms with Gasteiger partial charge in [0.25, 0.3) is 0 Å². The normalized spacial score (nSPS) is 10.7. The molecule has 0 aliphatic rings. The van der Waals surface area contributed by atoms with Crippen molar-refractivity contribution >= 4 is 56.6 Å². The van der Waals surface area contributed by atoms with Crippen LogP contribution in [0.25, 0.3) is 10.9 Å². The summed E-state index contributed by atoms with van der Waals surface area (Å²) < 4.78 is 20.5. The number of methoxy groups -OCH3 is 1. The molecular formula is C15H10FIN4O5. The second-order valence-electron chi connectivity index (χ2n) is 5.08. The van der Waals surface area contributed by atoms with Crippen LogP contribution in [0.15, 0.2) is 30.5 Å². The lowest BCUT2D eigenvalue weighted by Crippen LogP contribution is -2.09. The highest BCUT2D eigenvalue weighted by Crippen LogP contribution is 2.43. The van der Waals surface area contributed by atoms with Gasteiger partial charge in [-0.15, -0.1) is 0 Å². The van der Waals surface area contributed by atoms with Gasteiger partial charge in [0, 0.05) is 9.64 Å². The van der Waals surface area contributed by atoms with E-state index in [-0.39, 0.29) is 28.0 Å². The molecule has 2 N–H and O–H groups in total. The monoisotopic (exact) mass is 472 g/mol. The Hall–Kier alpha value is -2.96. The van der Waals surface area contributed by atoms with Gasteiger partial charge in [-0.1, -0.05) is 0 Å². The summed E-state index contributed by atoms with van der Waals surface area (Å²) in [6.07, 6.45) is -0.217. The molecule has 1 aromatic heterocycles. The number of nitrogens with one attached hydrogen (secondary N) is 1. The smallest absolute Gasteiger partial charge is 0.432 e. The fourth-order valence-electron chi connectivity index (χ4n) is 2.47. The van der Waals surface area contributed by atoms with E-state index in [0.29, 0.717) is 8.25 Å². The molecular weight excluding hydrogens is 462 g/mol. The highest BCUT2D eigenvalue weighted by molar-refractivity contribution is 14.1. The molecule has 0 bridgehead atoms. The van der Waals surface area contributed by atoms with Gasteiger partial charge in [0.15, 0.2) is 0 Å². The van der Waals surface area contributed by atoms with Crippen molar-refractivity contribution < 1.29 is 24.0 Å². The standard InChI is InChI=1S/C15H10FIN4O5/c1-26-12-5-11-8(6-18-20(11)15(22)23)13(14(12)21(24)25)19-10-3-2-7(17)4-9(10)16/h2-6,19H,1H3,(H,22,23). The fraction of sp³-hybridized carbons (Fsp3) is 0.0667. The topological polar surface area (TPSA) is 120 Å². The van der Waals surface area contributed by atoms with Gasteiger partial charge in [0.05, 0.1) is 34.8 Å². The Morgan fingerprint density at radius 1 is 1.46 bits per heavy atom. The van der Waals surface area contributed by atoms with Gasteiger partial charge in [-0.25, -0.2) is 9.18 Å². The number of nitro benzene ring substituents is 1. The molecule has 0 aliphatic carbocycles. The molecule has 134 valence electrons. The van der Waals surface area contributed by atoms with Crippen LogP contribution < -0.4 is 10.1 Å². The molecule has 0 unspecified atom stereocenters. The van der Waals surface area contributed by atoms with Crippen LogP contribution in [-0.2, 0) is 0 Å². The maximum absolute atomic E-state index is 14.2. The van der Waals surface area contributed by atoms with Crippen molar-refractivity contribution in [2.45, 2.75) is 0 Å². The summed E-state index contributed by atoms with van der Waals surface area (Å²) in [5.41, 5.74) is -0.514. The van der Waals surface area contributed by atoms with Crippen LogP contribution in [0.5, 0.6) is 5.75 Å². The van der Waals surface area contributed by atoms with Gasteiger partial charge < -0.3 is 15.2 Å². The molecule has 9 nitrogen and oxygen atoms in total. The lowest BCUT2D eigenvalue weighted by atomic mass is 10.1. The predicted molar refractivity (Wildman–Crippen MR) is 98.8 cm³/mol. The number of halogens is 2. The van der Waals surface area contributed by atoms with E-state index in [1.807, 2.05) is 22.6 Å². The Morgan fingerprint density at radius 3 is 2.77 bits per heavy atom. The number of anilines is 2. The van der Waals surface area contributed by atoms with E-state index in [4.69, 9.17) is 4.74 Å². The van der Waals surface area contributed by atoms with Crippen molar-refractivity contribution in [3.8, 4) is 5.75 Å². The number of fused-ring (bicyclic) bond motifs is 1. The minimum Gasteiger partial charge on any atom is -0.490 e. The summed E-state index contributed by atoms with van der Waals surface area (Å²) in [6, 6.07) is 5.50. The second kappa shape index (κ2) is 6.74. The molecule has 1 heterocycles. The van der Waals surface area contributed by atoms with E-state index in [9.17, 15) is 24.4 Å². The number of hydrogen-bond donors (Lipinski definition) is 2. The average molecular weight is 472 g/mol. The van der Waals surface area contributed by atoms with E-state index in [1.165, 1.54) is 25.3 Å². The van der Waals surface area contributed by atoms with Crippen molar-refractivity contribution in [3.63, 3.8) is 0 Å². The number of nitrogens with zero attached hydrogens (tertiary/aromatic N) is 3. The largest absolute Gasteiger partial charge is 0.490 e. The first kappa shape index (κ1) is 17.8. The van der Waals surface area contributed by atoms with Gasteiger partial charge >= 0.3 is 11.8 Å². The lowest BCUT2D eigenvalue weighted by Gasteiger charge is -2.12. The van der Waals surface area contributed by atoms with Crippen LogP contribution in [0.3, 0.4) is 0 Å². The Labute approximate surface area is 158 Å². The third kappa shape index (κ3) is 3.00. The highest BCUT2D eigenvalue weighted by Gasteiger charge is 2.28. The van der Waals surface area contributed by atoms with Gasteiger partial charge in [0.1, 0.15) is 11.5 Å². The Kier molecular flexibility index (Phi) is 4.63. The third-order valence-electron chi connectivity index (χ3n) is 3.59. The molecule has 26 heavy (non-hydrogen) atoms. The number of nitro groups is 1. The molecule has 0 aliphatic heterocycles. The zero-order valence-corrected chi connectivity index (χ0v) is 15.2. The van der Waals surface area contributed by atoms with Crippen LogP contribution in [0.1, 0.15) is 0 Å². The van der Waals surface area contributed by atoms with Gasteiger partial charge in [-0.05, 0) is 40.8 Å². The van der Waals surface area contributed by atoms with Crippen molar-refractivity contribution in [3.05, 3.63) is 50.0 Å². The summed E-state index contributed by atoms with van der Waals surface area (Å²) in [7, 11) is 1.21. The molecule has 11 heteroatoms. The SMILES string of the molecule is COc1cc2c(cnn2C(=O)O)c(Nc2ccc(I)cc2F)c1[N+](=O)[O-]. The molecule has 0 saturated carbocycles. The minimum atomic E-state index is -1.37. The molecule has 3 aromatic rings. The number of hydrogen-bond acceptors (Lipinski definition) is 6. The Balaban J connectivity index is 2.31. The van der Waals surface area contributed by atoms with Crippen molar-refractivity contribution in [1.29, 1.82) is 0 Å². The van der Waals surface area contributed by atoms with Crippen LogP contribution in [0.4, 0.5) is 26.2 Å². The summed E-state index contributed by atoms with van der Waals surface area (Å²) in [6.45, 7) is 0. The highest BCUT2D eigenvalue weighted by atomic mass is 127. The van der Waals surface area contributed by atoms with Gasteiger partial charge in [-0.3, -0.25) is 10.1 Å². The summed E-state index contributed by atoms with van der Waals surface area (Å²) in [5.74, 6) is -0.799. The van der Waals surface area contributed by atoms with E-state index in [1.54, 1.807) is 6.07 Å². The van der Waals surface area contributed by atoms with Crippen molar-refractivity contribution in [1.82, 2.24) is 9.78 Å². The molecule has 3 rings (SSSR count). The van der Waals surface area contributed by atoms with Crippen LogP contribution in [-0.4, -0.2) is 33.0 Å². The van der Waals surface area contributed by atoms with Crippen LogP contribution in [0.2, 0.25) is 0 Å². The second-order valence-corrected chi connectivity index (χ2v) is 6.33. The van der Waals surface area contributed by atoms with E-state index in [2.05, 4.69) is 10.4 Å². The van der Waals surface area contributed by atoms with Gasteiger partial charge in [0.2, 0.25) is 5.75 Å². The van der Waals surface area contributed by atoms with E-state index < -0.39 is 22.5 Å². The molecule has 0 saturated heterocycles. The molecule has 2 aromatic carbocycles. The molecule has 0 atom stereocenters. The van der Waals surface area contributed by atoms with Gasteiger partial charge in [-0.2, -0.15) is 9.78 Å². The van der Waals surface area contributed by atoms with Crippen molar-refractivity contribution in [2.24, 2.45) is 0 Å². The minimum absolute atomic E-state index is 0.00820. The Bertz CT molecular complexity index is 1050. The zero-order valence-electron chi connectivity index (χ0n) is 13.1. The number of carboxylic acid groups (broad SMARTS) is 1. The summed E-state index contributed by atoms with van der Waals surface area (Å²) in [4.78, 5) is 22.2. The van der Waals surface area contributed by atoms with Crippen molar-refractivity contribution in [2.75, 3.05) is 12.4 Å². The summed E-state index contributed by atoms with van der Waals surface area (Å²) >= 11 is 1.93. The first-order valence-electron chi connectivity index (χ1n) is 7.02. The average Bonchev–Trinajstić information content (AvgIpc) is 3.00. The lowest BCUT2D eigenvalue weighted by molar-refractivity contribution is -0.384. The maximum Gasteiger partial charge on any atom is 0.432 e. The first-order valence-corrected chi connectivity index (χ1v) is 8.10. The number of carbonyl (C=O) groups is 1. The quantitative estimate of drug-likeness (QED) is 0.335. The van der Waals surface area contributed by atoms with E-state index >= 15 is 0 Å². The number of rotatable bonds is 4. The fourth-order valence-corrected chi connectivity index (χ4v) is 2.93. The van der Waals surface area contributed by atoms with E-state index in [0.717, 1.165) is 6.20 Å². The first-order chi connectivity index (χ1) is 12.3. The maximum atomic E-state index is 14.2.